The van der Waals surface area contributed by atoms with Crippen molar-refractivity contribution < 1.29 is 9.47 Å². The molecule has 0 saturated carbocycles. The van der Waals surface area contributed by atoms with E-state index in [-0.39, 0.29) is 0 Å². The minimum absolute atomic E-state index is 0.600. The fourth-order valence-electron chi connectivity index (χ4n) is 2.24. The summed E-state index contributed by atoms with van der Waals surface area (Å²) in [7, 11) is 0. The van der Waals surface area contributed by atoms with Gasteiger partial charge in [0.1, 0.15) is 25.0 Å². The van der Waals surface area contributed by atoms with E-state index in [9.17, 15) is 0 Å². The lowest BCUT2D eigenvalue weighted by atomic mass is 10.3. The average molecular weight is 300 g/mol. The SMILES string of the molecule is c1cncc(OCN2CCN(COc3cccnc3)CC2)c1. The van der Waals surface area contributed by atoms with Gasteiger partial charge in [-0.05, 0) is 24.3 Å². The number of rotatable bonds is 6. The molecule has 0 aromatic carbocycles. The lowest BCUT2D eigenvalue weighted by Crippen LogP contribution is -2.48. The van der Waals surface area contributed by atoms with Crippen LogP contribution in [-0.4, -0.2) is 59.4 Å². The van der Waals surface area contributed by atoms with E-state index in [0.717, 1.165) is 37.7 Å². The van der Waals surface area contributed by atoms with Gasteiger partial charge >= 0.3 is 0 Å². The molecule has 2 aromatic heterocycles. The zero-order valence-electron chi connectivity index (χ0n) is 12.5. The normalized spacial score (nSPS) is 16.4. The molecular formula is C16H20N4O2. The Hall–Kier alpha value is -2.18. The molecule has 0 amide bonds. The molecule has 0 radical (unpaired) electrons. The molecule has 22 heavy (non-hydrogen) atoms. The van der Waals surface area contributed by atoms with Crippen LogP contribution in [0.4, 0.5) is 0 Å². The van der Waals surface area contributed by atoms with Crippen LogP contribution < -0.4 is 9.47 Å². The Morgan fingerprint density at radius 3 is 1.59 bits per heavy atom. The molecular weight excluding hydrogens is 280 g/mol. The third kappa shape index (κ3) is 4.41. The molecule has 1 aliphatic heterocycles. The van der Waals surface area contributed by atoms with Crippen LogP contribution in [0.15, 0.2) is 49.1 Å². The van der Waals surface area contributed by atoms with Crippen molar-refractivity contribution in [2.24, 2.45) is 0 Å². The molecule has 3 rings (SSSR count). The molecule has 0 atom stereocenters. The smallest absolute Gasteiger partial charge is 0.142 e. The predicted molar refractivity (Wildman–Crippen MR) is 82.6 cm³/mol. The topological polar surface area (TPSA) is 50.7 Å². The fourth-order valence-corrected chi connectivity index (χ4v) is 2.24. The maximum atomic E-state index is 5.72. The van der Waals surface area contributed by atoms with Gasteiger partial charge in [-0.1, -0.05) is 0 Å². The second kappa shape index (κ2) is 7.72. The Balaban J connectivity index is 1.35. The molecule has 1 aliphatic rings. The van der Waals surface area contributed by atoms with E-state index in [0.29, 0.717) is 13.5 Å². The highest BCUT2D eigenvalue weighted by molar-refractivity contribution is 5.15. The van der Waals surface area contributed by atoms with Gasteiger partial charge in [-0.25, -0.2) is 0 Å². The number of nitrogens with zero attached hydrogens (tertiary/aromatic N) is 4. The van der Waals surface area contributed by atoms with Crippen molar-refractivity contribution in [3.63, 3.8) is 0 Å². The summed E-state index contributed by atoms with van der Waals surface area (Å²) < 4.78 is 11.4. The second-order valence-corrected chi connectivity index (χ2v) is 5.16. The predicted octanol–water partition coefficient (Wildman–Crippen LogP) is 1.47. The second-order valence-electron chi connectivity index (χ2n) is 5.16. The van der Waals surface area contributed by atoms with E-state index in [1.54, 1.807) is 24.8 Å². The molecule has 1 saturated heterocycles. The highest BCUT2D eigenvalue weighted by atomic mass is 16.5. The van der Waals surface area contributed by atoms with Crippen molar-refractivity contribution in [1.82, 2.24) is 19.8 Å². The average Bonchev–Trinajstić information content (AvgIpc) is 2.61. The summed E-state index contributed by atoms with van der Waals surface area (Å²) in [4.78, 5) is 12.7. The first-order chi connectivity index (χ1) is 10.9. The Morgan fingerprint density at radius 1 is 0.773 bits per heavy atom. The zero-order valence-corrected chi connectivity index (χ0v) is 12.5. The van der Waals surface area contributed by atoms with Crippen molar-refractivity contribution in [3.05, 3.63) is 49.1 Å². The molecule has 6 nitrogen and oxygen atoms in total. The van der Waals surface area contributed by atoms with E-state index >= 15 is 0 Å². The van der Waals surface area contributed by atoms with E-state index in [4.69, 9.17) is 9.47 Å². The number of aromatic nitrogens is 2. The first-order valence-corrected chi connectivity index (χ1v) is 7.40. The van der Waals surface area contributed by atoms with Gasteiger partial charge in [0.2, 0.25) is 0 Å². The van der Waals surface area contributed by atoms with Crippen molar-refractivity contribution in [2.45, 2.75) is 0 Å². The summed E-state index contributed by atoms with van der Waals surface area (Å²) in [6, 6.07) is 7.60. The van der Waals surface area contributed by atoms with Crippen LogP contribution >= 0.6 is 0 Å². The Bertz CT molecular complexity index is 493. The van der Waals surface area contributed by atoms with Gasteiger partial charge in [-0.3, -0.25) is 19.8 Å². The Labute approximate surface area is 130 Å². The number of hydrogen-bond acceptors (Lipinski definition) is 6. The van der Waals surface area contributed by atoms with Crippen LogP contribution in [-0.2, 0) is 0 Å². The van der Waals surface area contributed by atoms with Gasteiger partial charge in [-0.2, -0.15) is 0 Å². The Kier molecular flexibility index (Phi) is 5.18. The van der Waals surface area contributed by atoms with Gasteiger partial charge in [0, 0.05) is 38.6 Å². The summed E-state index contributed by atoms with van der Waals surface area (Å²) in [5.41, 5.74) is 0. The summed E-state index contributed by atoms with van der Waals surface area (Å²) in [6.07, 6.45) is 6.96. The van der Waals surface area contributed by atoms with Gasteiger partial charge in [-0.15, -0.1) is 0 Å². The van der Waals surface area contributed by atoms with Crippen LogP contribution in [0.2, 0.25) is 0 Å². The minimum Gasteiger partial charge on any atom is -0.477 e. The van der Waals surface area contributed by atoms with Gasteiger partial charge < -0.3 is 9.47 Å². The van der Waals surface area contributed by atoms with E-state index in [2.05, 4.69) is 19.8 Å². The van der Waals surface area contributed by atoms with E-state index < -0.39 is 0 Å². The summed E-state index contributed by atoms with van der Waals surface area (Å²) in [6.45, 7) is 5.08. The zero-order chi connectivity index (χ0) is 15.0. The first kappa shape index (κ1) is 14.7. The van der Waals surface area contributed by atoms with Crippen LogP contribution in [0, 0.1) is 0 Å². The highest BCUT2D eigenvalue weighted by Crippen LogP contribution is 2.10. The monoisotopic (exact) mass is 300 g/mol. The van der Waals surface area contributed by atoms with Crippen LogP contribution in [0.3, 0.4) is 0 Å². The summed E-state index contributed by atoms with van der Waals surface area (Å²) in [5, 5.41) is 0. The third-order valence-corrected chi connectivity index (χ3v) is 3.56. The van der Waals surface area contributed by atoms with Crippen molar-refractivity contribution in [3.8, 4) is 11.5 Å². The number of ether oxygens (including phenoxy) is 2. The fraction of sp³-hybridized carbons (Fsp3) is 0.375. The first-order valence-electron chi connectivity index (χ1n) is 7.40. The van der Waals surface area contributed by atoms with Gasteiger partial charge in [0.15, 0.2) is 0 Å². The molecule has 0 unspecified atom stereocenters. The molecule has 116 valence electrons. The number of piperazine rings is 1. The quantitative estimate of drug-likeness (QED) is 0.805. The van der Waals surface area contributed by atoms with Crippen molar-refractivity contribution >= 4 is 0 Å². The largest absolute Gasteiger partial charge is 0.477 e. The van der Waals surface area contributed by atoms with Crippen LogP contribution in [0.25, 0.3) is 0 Å². The number of hydrogen-bond donors (Lipinski definition) is 0. The maximum absolute atomic E-state index is 5.72. The van der Waals surface area contributed by atoms with Crippen LogP contribution in [0.5, 0.6) is 11.5 Å². The molecule has 3 heterocycles. The third-order valence-electron chi connectivity index (χ3n) is 3.56. The molecule has 0 aliphatic carbocycles. The molecule has 2 aromatic rings. The van der Waals surface area contributed by atoms with Crippen molar-refractivity contribution in [1.29, 1.82) is 0 Å². The highest BCUT2D eigenvalue weighted by Gasteiger charge is 2.17. The van der Waals surface area contributed by atoms with E-state index in [1.807, 2.05) is 24.3 Å². The van der Waals surface area contributed by atoms with E-state index in [1.165, 1.54) is 0 Å². The van der Waals surface area contributed by atoms with Gasteiger partial charge in [0.05, 0.1) is 12.4 Å². The lowest BCUT2D eigenvalue weighted by Gasteiger charge is -2.33. The van der Waals surface area contributed by atoms with Crippen LogP contribution in [0.1, 0.15) is 0 Å². The standard InChI is InChI=1S/C16H20N4O2/c1-3-15(11-17-5-1)21-13-19-7-9-20(10-8-19)14-22-16-4-2-6-18-12-16/h1-6,11-12H,7-10,13-14H2. The lowest BCUT2D eigenvalue weighted by molar-refractivity contribution is 0.0330. The summed E-state index contributed by atoms with van der Waals surface area (Å²) >= 11 is 0. The Morgan fingerprint density at radius 2 is 1.23 bits per heavy atom. The number of pyridine rings is 2. The summed E-state index contributed by atoms with van der Waals surface area (Å²) in [5.74, 6) is 1.62. The van der Waals surface area contributed by atoms with Gasteiger partial charge in [0.25, 0.3) is 0 Å². The molecule has 0 N–H and O–H groups in total. The molecule has 0 bridgehead atoms. The molecule has 1 fully saturated rings. The molecule has 6 heteroatoms. The molecule has 0 spiro atoms. The van der Waals surface area contributed by atoms with Crippen molar-refractivity contribution in [2.75, 3.05) is 39.6 Å². The minimum atomic E-state index is 0.600. The maximum Gasteiger partial charge on any atom is 0.142 e.